The Morgan fingerprint density at radius 2 is 2.07 bits per heavy atom. The van der Waals surface area contributed by atoms with E-state index in [1.165, 1.54) is 18.5 Å². The van der Waals surface area contributed by atoms with Gasteiger partial charge in [-0.3, -0.25) is 4.68 Å². The van der Waals surface area contributed by atoms with Crippen LogP contribution in [-0.2, 0) is 6.54 Å². The smallest absolute Gasteiger partial charge is 0.341 e. The second-order valence-electron chi connectivity index (χ2n) is 6.32. The maximum atomic E-state index is 13.4. The Morgan fingerprint density at radius 1 is 1.21 bits per heavy atom. The van der Waals surface area contributed by atoms with E-state index in [1.807, 2.05) is 24.3 Å². The summed E-state index contributed by atoms with van der Waals surface area (Å²) in [6, 6.07) is 11.9. The fraction of sp³-hybridized carbons (Fsp3) is 0.100. The van der Waals surface area contributed by atoms with E-state index in [9.17, 15) is 14.3 Å². The molecule has 2 heterocycles. The quantitative estimate of drug-likeness (QED) is 0.550. The highest BCUT2D eigenvalue weighted by Crippen LogP contribution is 2.24. The maximum absolute atomic E-state index is 13.4. The van der Waals surface area contributed by atoms with Crippen LogP contribution in [0.25, 0.3) is 10.9 Å². The molecule has 4 rings (SSSR count). The van der Waals surface area contributed by atoms with Gasteiger partial charge in [-0.1, -0.05) is 12.1 Å². The summed E-state index contributed by atoms with van der Waals surface area (Å²) >= 11 is 0. The summed E-state index contributed by atoms with van der Waals surface area (Å²) in [5.41, 5.74) is 2.79. The number of carboxylic acids is 1. The minimum Gasteiger partial charge on any atom is -0.477 e. The summed E-state index contributed by atoms with van der Waals surface area (Å²) < 4.78 is 15.2. The topological polar surface area (TPSA) is 92.9 Å². The van der Waals surface area contributed by atoms with Crippen molar-refractivity contribution in [3.63, 3.8) is 0 Å². The standard InChI is InChI=1S/C20H16FN5O2/c1-12-18(20(27)28)19(23-11-22-12)25-16-5-6-17-14(8-16)9-24-26(17)10-13-3-2-4-15(21)7-13/h2-9,11H,10H2,1H3,(H,27,28)(H,22,23,25). The molecular formula is C20H16FN5O2. The highest BCUT2D eigenvalue weighted by atomic mass is 19.1. The van der Waals surface area contributed by atoms with Gasteiger partial charge in [-0.05, 0) is 42.8 Å². The number of benzene rings is 2. The number of nitrogens with zero attached hydrogens (tertiary/aromatic N) is 4. The van der Waals surface area contributed by atoms with Gasteiger partial charge in [-0.2, -0.15) is 5.10 Å². The highest BCUT2D eigenvalue weighted by Gasteiger charge is 2.16. The van der Waals surface area contributed by atoms with Crippen molar-refractivity contribution in [2.24, 2.45) is 0 Å². The van der Waals surface area contributed by atoms with Gasteiger partial charge < -0.3 is 10.4 Å². The molecular weight excluding hydrogens is 361 g/mol. The van der Waals surface area contributed by atoms with E-state index in [4.69, 9.17) is 0 Å². The molecule has 8 heteroatoms. The summed E-state index contributed by atoms with van der Waals surface area (Å²) in [6.07, 6.45) is 3.03. The van der Waals surface area contributed by atoms with Crippen LogP contribution in [0.5, 0.6) is 0 Å². The molecule has 140 valence electrons. The van der Waals surface area contributed by atoms with Crippen LogP contribution in [0.4, 0.5) is 15.9 Å². The monoisotopic (exact) mass is 377 g/mol. The number of fused-ring (bicyclic) bond motifs is 1. The fourth-order valence-electron chi connectivity index (χ4n) is 3.06. The van der Waals surface area contributed by atoms with Crippen molar-refractivity contribution in [1.29, 1.82) is 0 Å². The number of anilines is 2. The van der Waals surface area contributed by atoms with Gasteiger partial charge in [0.1, 0.15) is 23.5 Å². The number of aryl methyl sites for hydroxylation is 1. The predicted octanol–water partition coefficient (Wildman–Crippen LogP) is 3.76. The van der Waals surface area contributed by atoms with Gasteiger partial charge in [0.2, 0.25) is 0 Å². The molecule has 0 fully saturated rings. The Balaban J connectivity index is 1.63. The van der Waals surface area contributed by atoms with E-state index in [2.05, 4.69) is 20.4 Å². The van der Waals surface area contributed by atoms with E-state index >= 15 is 0 Å². The third-order valence-corrected chi connectivity index (χ3v) is 4.38. The number of nitrogens with one attached hydrogen (secondary N) is 1. The van der Waals surface area contributed by atoms with E-state index in [1.54, 1.807) is 23.9 Å². The first-order valence-electron chi connectivity index (χ1n) is 8.53. The molecule has 4 aromatic rings. The number of hydrogen-bond acceptors (Lipinski definition) is 5. The molecule has 0 aliphatic rings. The van der Waals surface area contributed by atoms with E-state index < -0.39 is 5.97 Å². The van der Waals surface area contributed by atoms with Gasteiger partial charge in [0.25, 0.3) is 0 Å². The van der Waals surface area contributed by atoms with E-state index in [-0.39, 0.29) is 17.2 Å². The average molecular weight is 377 g/mol. The van der Waals surface area contributed by atoms with Gasteiger partial charge in [0.05, 0.1) is 24.0 Å². The van der Waals surface area contributed by atoms with Crippen LogP contribution in [0.15, 0.2) is 55.0 Å². The lowest BCUT2D eigenvalue weighted by Gasteiger charge is -2.10. The Hall–Kier alpha value is -3.81. The van der Waals surface area contributed by atoms with Gasteiger partial charge in [-0.25, -0.2) is 19.2 Å². The van der Waals surface area contributed by atoms with Gasteiger partial charge >= 0.3 is 5.97 Å². The number of aromatic carboxylic acids is 1. The van der Waals surface area contributed by atoms with Crippen LogP contribution in [0, 0.1) is 12.7 Å². The zero-order chi connectivity index (χ0) is 19.7. The fourth-order valence-corrected chi connectivity index (χ4v) is 3.06. The molecule has 2 aromatic heterocycles. The van der Waals surface area contributed by atoms with Gasteiger partial charge in [-0.15, -0.1) is 0 Å². The van der Waals surface area contributed by atoms with Gasteiger partial charge in [0.15, 0.2) is 0 Å². The molecule has 0 saturated carbocycles. The summed E-state index contributed by atoms with van der Waals surface area (Å²) in [4.78, 5) is 19.5. The second-order valence-corrected chi connectivity index (χ2v) is 6.32. The molecule has 0 unspecified atom stereocenters. The van der Waals surface area contributed by atoms with Crippen molar-refractivity contribution in [3.8, 4) is 0 Å². The first kappa shape index (κ1) is 17.6. The van der Waals surface area contributed by atoms with Crippen LogP contribution < -0.4 is 5.32 Å². The van der Waals surface area contributed by atoms with Crippen molar-refractivity contribution in [2.75, 3.05) is 5.32 Å². The number of halogens is 1. The molecule has 0 radical (unpaired) electrons. The summed E-state index contributed by atoms with van der Waals surface area (Å²) in [6.45, 7) is 2.07. The third-order valence-electron chi connectivity index (χ3n) is 4.38. The Labute approximate surface area is 159 Å². The molecule has 0 saturated heterocycles. The lowest BCUT2D eigenvalue weighted by atomic mass is 10.2. The van der Waals surface area contributed by atoms with Crippen molar-refractivity contribution in [1.82, 2.24) is 19.7 Å². The maximum Gasteiger partial charge on any atom is 0.341 e. The summed E-state index contributed by atoms with van der Waals surface area (Å²) in [5.74, 6) is -1.15. The third kappa shape index (κ3) is 3.39. The van der Waals surface area contributed by atoms with Crippen molar-refractivity contribution in [3.05, 3.63) is 77.6 Å². The molecule has 0 atom stereocenters. The highest BCUT2D eigenvalue weighted by molar-refractivity contribution is 5.95. The van der Waals surface area contributed by atoms with Crippen LogP contribution in [0.2, 0.25) is 0 Å². The molecule has 0 aliphatic heterocycles. The number of aromatic nitrogens is 4. The molecule has 28 heavy (non-hydrogen) atoms. The SMILES string of the molecule is Cc1ncnc(Nc2ccc3c(cnn3Cc3cccc(F)c3)c2)c1C(=O)O. The second kappa shape index (κ2) is 7.07. The minimum absolute atomic E-state index is 0.0318. The van der Waals surface area contributed by atoms with Crippen LogP contribution in [0.1, 0.15) is 21.6 Å². The number of hydrogen-bond donors (Lipinski definition) is 2. The van der Waals surface area contributed by atoms with E-state index in [0.717, 1.165) is 16.5 Å². The number of carboxylic acid groups (broad SMARTS) is 1. The van der Waals surface area contributed by atoms with Crippen molar-refractivity contribution in [2.45, 2.75) is 13.5 Å². The first-order chi connectivity index (χ1) is 13.5. The zero-order valence-corrected chi connectivity index (χ0v) is 14.9. The van der Waals surface area contributed by atoms with Gasteiger partial charge in [0, 0.05) is 11.1 Å². The number of carbonyl (C=O) groups is 1. The largest absolute Gasteiger partial charge is 0.477 e. The Bertz CT molecular complexity index is 1190. The normalized spacial score (nSPS) is 10.9. The van der Waals surface area contributed by atoms with Crippen LogP contribution >= 0.6 is 0 Å². The lowest BCUT2D eigenvalue weighted by molar-refractivity contribution is 0.0696. The molecule has 0 amide bonds. The first-order valence-corrected chi connectivity index (χ1v) is 8.53. The average Bonchev–Trinajstić information content (AvgIpc) is 3.03. The van der Waals surface area contributed by atoms with Crippen molar-refractivity contribution >= 4 is 28.4 Å². The lowest BCUT2D eigenvalue weighted by Crippen LogP contribution is -2.08. The van der Waals surface area contributed by atoms with E-state index in [0.29, 0.717) is 17.9 Å². The molecule has 2 aromatic carbocycles. The summed E-state index contributed by atoms with van der Waals surface area (Å²) in [5, 5.41) is 17.7. The summed E-state index contributed by atoms with van der Waals surface area (Å²) in [7, 11) is 0. The number of rotatable bonds is 5. The van der Waals surface area contributed by atoms with Crippen LogP contribution in [0.3, 0.4) is 0 Å². The van der Waals surface area contributed by atoms with Crippen LogP contribution in [-0.4, -0.2) is 30.8 Å². The Kier molecular flexibility index (Phi) is 4.44. The molecule has 7 nitrogen and oxygen atoms in total. The molecule has 2 N–H and O–H groups in total. The Morgan fingerprint density at radius 3 is 2.86 bits per heavy atom. The molecule has 0 aliphatic carbocycles. The predicted molar refractivity (Wildman–Crippen MR) is 102 cm³/mol. The minimum atomic E-state index is -1.09. The zero-order valence-electron chi connectivity index (χ0n) is 14.9. The van der Waals surface area contributed by atoms with Crippen molar-refractivity contribution < 1.29 is 14.3 Å². The molecule has 0 bridgehead atoms. The molecule has 0 spiro atoms.